The van der Waals surface area contributed by atoms with Crippen molar-refractivity contribution in [1.82, 2.24) is 19.6 Å². The number of thiazole rings is 1. The number of likely N-dealkylation sites (tertiary alicyclic amines) is 1. The second kappa shape index (κ2) is 7.11. The van der Waals surface area contributed by atoms with Crippen LogP contribution in [0.1, 0.15) is 42.5 Å². The van der Waals surface area contributed by atoms with Gasteiger partial charge in [-0.1, -0.05) is 13.3 Å². The van der Waals surface area contributed by atoms with E-state index >= 15 is 0 Å². The Labute approximate surface area is 137 Å². The van der Waals surface area contributed by atoms with Crippen molar-refractivity contribution in [1.29, 1.82) is 0 Å². The van der Waals surface area contributed by atoms with Crippen molar-refractivity contribution in [3.05, 3.63) is 22.5 Å². The maximum Gasteiger partial charge on any atom is 0.194 e. The van der Waals surface area contributed by atoms with Crippen LogP contribution in [0.5, 0.6) is 0 Å². The topological polar surface area (TPSA) is 32.6 Å². The van der Waals surface area contributed by atoms with Crippen LogP contribution < -0.4 is 5.32 Å². The van der Waals surface area contributed by atoms with Crippen LogP contribution in [-0.2, 0) is 6.54 Å². The lowest BCUT2D eigenvalue weighted by Gasteiger charge is -2.29. The molecule has 0 amide bonds. The van der Waals surface area contributed by atoms with E-state index < -0.39 is 0 Å². The highest BCUT2D eigenvalue weighted by Gasteiger charge is 2.14. The molecule has 4 nitrogen and oxygen atoms in total. The van der Waals surface area contributed by atoms with Gasteiger partial charge in [0.15, 0.2) is 4.96 Å². The predicted octanol–water partition coefficient (Wildman–Crippen LogP) is 3.22. The van der Waals surface area contributed by atoms with Gasteiger partial charge in [-0.15, -0.1) is 11.3 Å². The molecule has 0 spiro atoms. The van der Waals surface area contributed by atoms with Gasteiger partial charge >= 0.3 is 0 Å². The SMILES string of the molecule is Cc1cn2c(CNC[C@H](C)CN3CCCCC3)c(C)nc2s1. The lowest BCUT2D eigenvalue weighted by molar-refractivity contribution is 0.199. The first-order valence-corrected chi connectivity index (χ1v) is 9.32. The van der Waals surface area contributed by atoms with Crippen molar-refractivity contribution in [2.24, 2.45) is 5.92 Å². The van der Waals surface area contributed by atoms with Crippen LogP contribution in [0.15, 0.2) is 6.20 Å². The number of hydrogen-bond acceptors (Lipinski definition) is 4. The first-order chi connectivity index (χ1) is 10.6. The Balaban J connectivity index is 1.50. The molecule has 0 aliphatic carbocycles. The van der Waals surface area contributed by atoms with Crippen molar-refractivity contribution in [3.63, 3.8) is 0 Å². The minimum Gasteiger partial charge on any atom is -0.311 e. The number of aromatic nitrogens is 2. The van der Waals surface area contributed by atoms with E-state index in [1.54, 1.807) is 11.3 Å². The zero-order valence-electron chi connectivity index (χ0n) is 14.1. The van der Waals surface area contributed by atoms with Gasteiger partial charge in [-0.25, -0.2) is 4.98 Å². The third-order valence-electron chi connectivity index (χ3n) is 4.54. The highest BCUT2D eigenvalue weighted by Crippen LogP contribution is 2.20. The lowest BCUT2D eigenvalue weighted by Crippen LogP contribution is -2.36. The van der Waals surface area contributed by atoms with Gasteiger partial charge in [-0.2, -0.15) is 0 Å². The van der Waals surface area contributed by atoms with Crippen molar-refractivity contribution in [2.75, 3.05) is 26.2 Å². The molecule has 0 bridgehead atoms. The van der Waals surface area contributed by atoms with E-state index in [0.717, 1.165) is 23.7 Å². The smallest absolute Gasteiger partial charge is 0.194 e. The summed E-state index contributed by atoms with van der Waals surface area (Å²) in [5.74, 6) is 0.700. The summed E-state index contributed by atoms with van der Waals surface area (Å²) in [6.45, 7) is 12.4. The number of hydrogen-bond donors (Lipinski definition) is 1. The minimum atomic E-state index is 0.700. The van der Waals surface area contributed by atoms with Crippen LogP contribution in [0.3, 0.4) is 0 Å². The number of aryl methyl sites for hydroxylation is 2. The van der Waals surface area contributed by atoms with Crippen molar-refractivity contribution in [3.8, 4) is 0 Å². The van der Waals surface area contributed by atoms with E-state index in [4.69, 9.17) is 0 Å². The Morgan fingerprint density at radius 3 is 2.82 bits per heavy atom. The van der Waals surface area contributed by atoms with Gasteiger partial charge in [0.25, 0.3) is 0 Å². The Morgan fingerprint density at radius 2 is 2.05 bits per heavy atom. The molecule has 2 aromatic heterocycles. The third-order valence-corrected chi connectivity index (χ3v) is 5.44. The van der Waals surface area contributed by atoms with Gasteiger partial charge in [0.1, 0.15) is 0 Å². The van der Waals surface area contributed by atoms with Crippen LogP contribution in [0, 0.1) is 19.8 Å². The van der Waals surface area contributed by atoms with Crippen LogP contribution in [0.25, 0.3) is 4.96 Å². The van der Waals surface area contributed by atoms with Gasteiger partial charge in [0, 0.05) is 24.2 Å². The standard InChI is InChI=1S/C17H28N4S/c1-13(11-20-7-5-4-6-8-20)9-18-10-16-15(3)19-17-21(16)12-14(2)22-17/h12-13,18H,4-11H2,1-3H3/t13-/m0/s1. The van der Waals surface area contributed by atoms with Gasteiger partial charge in [-0.05, 0) is 52.2 Å². The molecule has 0 unspecified atom stereocenters. The number of nitrogens with one attached hydrogen (secondary N) is 1. The minimum absolute atomic E-state index is 0.700. The number of imidazole rings is 1. The second-order valence-electron chi connectivity index (χ2n) is 6.74. The molecule has 5 heteroatoms. The lowest BCUT2D eigenvalue weighted by atomic mass is 10.1. The van der Waals surface area contributed by atoms with Gasteiger partial charge in [0.2, 0.25) is 0 Å². The molecule has 1 atom stereocenters. The molecule has 0 aromatic carbocycles. The normalized spacial score (nSPS) is 18.1. The molecule has 1 N–H and O–H groups in total. The second-order valence-corrected chi connectivity index (χ2v) is 7.95. The Hall–Kier alpha value is -0.910. The molecular formula is C17H28N4S. The van der Waals surface area contributed by atoms with Crippen LogP contribution in [0.4, 0.5) is 0 Å². The van der Waals surface area contributed by atoms with Gasteiger partial charge < -0.3 is 10.2 Å². The summed E-state index contributed by atoms with van der Waals surface area (Å²) in [6, 6.07) is 0. The molecule has 3 heterocycles. The molecular weight excluding hydrogens is 292 g/mol. The zero-order chi connectivity index (χ0) is 15.5. The van der Waals surface area contributed by atoms with Crippen molar-refractivity contribution < 1.29 is 0 Å². The fraction of sp³-hybridized carbons (Fsp3) is 0.706. The maximum absolute atomic E-state index is 4.66. The molecule has 3 rings (SSSR count). The number of piperidine rings is 1. The molecule has 22 heavy (non-hydrogen) atoms. The Kier molecular flexibility index (Phi) is 5.16. The van der Waals surface area contributed by atoms with Gasteiger partial charge in [0.05, 0.1) is 11.4 Å². The summed E-state index contributed by atoms with van der Waals surface area (Å²) in [7, 11) is 0. The summed E-state index contributed by atoms with van der Waals surface area (Å²) < 4.78 is 2.25. The van der Waals surface area contributed by atoms with E-state index in [2.05, 4.69) is 46.6 Å². The molecule has 1 saturated heterocycles. The molecule has 2 aromatic rings. The monoisotopic (exact) mass is 320 g/mol. The number of fused-ring (bicyclic) bond motifs is 1. The third kappa shape index (κ3) is 3.70. The average molecular weight is 321 g/mol. The van der Waals surface area contributed by atoms with Crippen LogP contribution >= 0.6 is 11.3 Å². The molecule has 0 radical (unpaired) electrons. The first kappa shape index (κ1) is 16.0. The van der Waals surface area contributed by atoms with E-state index in [0.29, 0.717) is 5.92 Å². The molecule has 1 aliphatic rings. The summed E-state index contributed by atoms with van der Waals surface area (Å²) in [5, 5.41) is 3.64. The van der Waals surface area contributed by atoms with E-state index in [9.17, 15) is 0 Å². The number of nitrogens with zero attached hydrogens (tertiary/aromatic N) is 3. The summed E-state index contributed by atoms with van der Waals surface area (Å²) in [4.78, 5) is 9.72. The summed E-state index contributed by atoms with van der Waals surface area (Å²) >= 11 is 1.77. The largest absolute Gasteiger partial charge is 0.311 e. The quantitative estimate of drug-likeness (QED) is 0.887. The van der Waals surface area contributed by atoms with E-state index in [1.165, 1.54) is 49.5 Å². The molecule has 1 fully saturated rings. The highest BCUT2D eigenvalue weighted by atomic mass is 32.1. The van der Waals surface area contributed by atoms with Crippen LogP contribution in [0.2, 0.25) is 0 Å². The molecule has 0 saturated carbocycles. The van der Waals surface area contributed by atoms with Crippen LogP contribution in [-0.4, -0.2) is 40.5 Å². The van der Waals surface area contributed by atoms with E-state index in [1.807, 2.05) is 0 Å². The first-order valence-electron chi connectivity index (χ1n) is 8.50. The predicted molar refractivity (Wildman–Crippen MR) is 93.7 cm³/mol. The average Bonchev–Trinajstić information content (AvgIpc) is 2.97. The van der Waals surface area contributed by atoms with E-state index in [-0.39, 0.29) is 0 Å². The van der Waals surface area contributed by atoms with Crippen molar-refractivity contribution >= 4 is 16.3 Å². The molecule has 122 valence electrons. The van der Waals surface area contributed by atoms with Crippen molar-refractivity contribution in [2.45, 2.75) is 46.6 Å². The Morgan fingerprint density at radius 1 is 1.27 bits per heavy atom. The summed E-state index contributed by atoms with van der Waals surface area (Å²) in [5.41, 5.74) is 2.46. The Bertz CT molecular complexity index is 609. The zero-order valence-corrected chi connectivity index (χ0v) is 14.9. The number of rotatable bonds is 6. The summed E-state index contributed by atoms with van der Waals surface area (Å²) in [6.07, 6.45) is 6.38. The highest BCUT2D eigenvalue weighted by molar-refractivity contribution is 7.17. The fourth-order valence-electron chi connectivity index (χ4n) is 3.41. The van der Waals surface area contributed by atoms with Gasteiger partial charge in [-0.3, -0.25) is 4.40 Å². The fourth-order valence-corrected chi connectivity index (χ4v) is 4.30. The maximum atomic E-state index is 4.66. The molecule has 1 aliphatic heterocycles.